The van der Waals surface area contributed by atoms with Crippen molar-refractivity contribution in [2.75, 3.05) is 5.32 Å². The SMILES string of the molecule is Cc1cccc(C)c1Nc1c(-c2ccoc2)nc2ccc(Cl)cn12. The number of aryl methyl sites for hydroxylation is 2. The number of benzene rings is 1. The Labute approximate surface area is 144 Å². The number of hydrogen-bond donors (Lipinski definition) is 1. The minimum absolute atomic E-state index is 0.656. The van der Waals surface area contributed by atoms with Crippen LogP contribution in [0.2, 0.25) is 5.02 Å². The summed E-state index contributed by atoms with van der Waals surface area (Å²) in [5.41, 5.74) is 5.99. The number of furan rings is 1. The summed E-state index contributed by atoms with van der Waals surface area (Å²) in [4.78, 5) is 4.73. The maximum atomic E-state index is 6.20. The van der Waals surface area contributed by atoms with Crippen molar-refractivity contribution in [1.82, 2.24) is 9.38 Å². The van der Waals surface area contributed by atoms with E-state index in [0.29, 0.717) is 5.02 Å². The number of para-hydroxylation sites is 1. The van der Waals surface area contributed by atoms with E-state index in [1.807, 2.05) is 28.8 Å². The van der Waals surface area contributed by atoms with Crippen molar-refractivity contribution >= 4 is 28.8 Å². The quantitative estimate of drug-likeness (QED) is 0.528. The van der Waals surface area contributed by atoms with Crippen LogP contribution in [0.25, 0.3) is 16.9 Å². The first-order valence-corrected chi connectivity index (χ1v) is 8.05. The first-order valence-electron chi connectivity index (χ1n) is 7.67. The highest BCUT2D eigenvalue weighted by Crippen LogP contribution is 2.34. The predicted octanol–water partition coefficient (Wildman–Crippen LogP) is 5.61. The predicted molar refractivity (Wildman–Crippen MR) is 97.1 cm³/mol. The minimum atomic E-state index is 0.656. The van der Waals surface area contributed by atoms with Gasteiger partial charge in [-0.1, -0.05) is 29.8 Å². The van der Waals surface area contributed by atoms with E-state index >= 15 is 0 Å². The third kappa shape index (κ3) is 2.45. The second kappa shape index (κ2) is 5.73. The number of halogens is 1. The molecule has 0 saturated carbocycles. The van der Waals surface area contributed by atoms with E-state index in [2.05, 4.69) is 37.4 Å². The minimum Gasteiger partial charge on any atom is -0.472 e. The van der Waals surface area contributed by atoms with Gasteiger partial charge in [-0.05, 0) is 43.2 Å². The van der Waals surface area contributed by atoms with Gasteiger partial charge < -0.3 is 9.73 Å². The average molecular weight is 338 g/mol. The molecule has 3 heterocycles. The molecule has 0 atom stereocenters. The van der Waals surface area contributed by atoms with Crippen LogP contribution in [0, 0.1) is 13.8 Å². The molecule has 0 aliphatic rings. The highest BCUT2D eigenvalue weighted by molar-refractivity contribution is 6.30. The Morgan fingerprint density at radius 3 is 2.58 bits per heavy atom. The van der Waals surface area contributed by atoms with Gasteiger partial charge in [0.05, 0.1) is 17.5 Å². The lowest BCUT2D eigenvalue weighted by molar-refractivity contribution is 0.568. The third-order valence-electron chi connectivity index (χ3n) is 4.10. The molecular formula is C19H16ClN3O. The van der Waals surface area contributed by atoms with Gasteiger partial charge in [-0.2, -0.15) is 0 Å². The molecule has 0 saturated heterocycles. The Morgan fingerprint density at radius 2 is 1.88 bits per heavy atom. The highest BCUT2D eigenvalue weighted by atomic mass is 35.5. The fourth-order valence-corrected chi connectivity index (χ4v) is 3.03. The van der Waals surface area contributed by atoms with Crippen molar-refractivity contribution in [2.24, 2.45) is 0 Å². The number of fused-ring (bicyclic) bond motifs is 1. The molecule has 4 nitrogen and oxygen atoms in total. The van der Waals surface area contributed by atoms with Gasteiger partial charge in [-0.25, -0.2) is 4.98 Å². The molecule has 1 aromatic carbocycles. The molecule has 0 unspecified atom stereocenters. The van der Waals surface area contributed by atoms with E-state index < -0.39 is 0 Å². The van der Waals surface area contributed by atoms with Crippen LogP contribution in [0.3, 0.4) is 0 Å². The summed E-state index contributed by atoms with van der Waals surface area (Å²) in [6.45, 7) is 4.17. The molecule has 1 N–H and O–H groups in total. The number of anilines is 2. The van der Waals surface area contributed by atoms with E-state index in [9.17, 15) is 0 Å². The molecule has 120 valence electrons. The summed E-state index contributed by atoms with van der Waals surface area (Å²) in [7, 11) is 0. The Hall–Kier alpha value is -2.72. The van der Waals surface area contributed by atoms with Crippen LogP contribution in [0.5, 0.6) is 0 Å². The summed E-state index contributed by atoms with van der Waals surface area (Å²) < 4.78 is 7.21. The Bertz CT molecular complexity index is 998. The summed E-state index contributed by atoms with van der Waals surface area (Å²) >= 11 is 6.20. The smallest absolute Gasteiger partial charge is 0.143 e. The van der Waals surface area contributed by atoms with E-state index in [4.69, 9.17) is 21.0 Å². The van der Waals surface area contributed by atoms with E-state index in [-0.39, 0.29) is 0 Å². The molecule has 0 aliphatic heterocycles. The van der Waals surface area contributed by atoms with Crippen molar-refractivity contribution < 1.29 is 4.42 Å². The summed E-state index contributed by atoms with van der Waals surface area (Å²) in [6, 6.07) is 11.9. The zero-order chi connectivity index (χ0) is 16.7. The van der Waals surface area contributed by atoms with Crippen LogP contribution in [0.1, 0.15) is 11.1 Å². The largest absolute Gasteiger partial charge is 0.472 e. The number of hydrogen-bond acceptors (Lipinski definition) is 3. The Morgan fingerprint density at radius 1 is 1.08 bits per heavy atom. The molecule has 4 aromatic rings. The molecule has 0 spiro atoms. The first-order chi connectivity index (χ1) is 11.6. The summed E-state index contributed by atoms with van der Waals surface area (Å²) in [5.74, 6) is 0.867. The number of imidazole rings is 1. The molecule has 0 bridgehead atoms. The first kappa shape index (κ1) is 14.8. The Kier molecular flexibility index (Phi) is 3.54. The lowest BCUT2D eigenvalue weighted by atomic mass is 10.1. The van der Waals surface area contributed by atoms with E-state index in [1.165, 1.54) is 11.1 Å². The van der Waals surface area contributed by atoms with Crippen LogP contribution in [0.15, 0.2) is 59.5 Å². The van der Waals surface area contributed by atoms with Crippen molar-refractivity contribution in [3.63, 3.8) is 0 Å². The van der Waals surface area contributed by atoms with Crippen LogP contribution in [0.4, 0.5) is 11.5 Å². The summed E-state index contributed by atoms with van der Waals surface area (Å²) in [5, 5.41) is 4.20. The Balaban J connectivity index is 1.95. The standard InChI is InChI=1S/C19H16ClN3O/c1-12-4-3-5-13(2)17(12)22-19-18(14-8-9-24-11-14)21-16-7-6-15(20)10-23(16)19/h3-11,22H,1-2H3. The molecule has 5 heteroatoms. The fourth-order valence-electron chi connectivity index (χ4n) is 2.87. The van der Waals surface area contributed by atoms with Gasteiger partial charge in [-0.3, -0.25) is 4.40 Å². The van der Waals surface area contributed by atoms with Gasteiger partial charge in [0.15, 0.2) is 0 Å². The van der Waals surface area contributed by atoms with Crippen molar-refractivity contribution in [2.45, 2.75) is 13.8 Å². The molecule has 0 fully saturated rings. The number of nitrogens with one attached hydrogen (secondary N) is 1. The van der Waals surface area contributed by atoms with Crippen LogP contribution < -0.4 is 5.32 Å². The average Bonchev–Trinajstić information content (AvgIpc) is 3.18. The van der Waals surface area contributed by atoms with Gasteiger partial charge in [0.25, 0.3) is 0 Å². The lowest BCUT2D eigenvalue weighted by Crippen LogP contribution is -2.00. The molecule has 3 aromatic heterocycles. The lowest BCUT2D eigenvalue weighted by Gasteiger charge is -2.13. The van der Waals surface area contributed by atoms with Gasteiger partial charge >= 0.3 is 0 Å². The van der Waals surface area contributed by atoms with Gasteiger partial charge in [0.2, 0.25) is 0 Å². The maximum Gasteiger partial charge on any atom is 0.143 e. The normalized spacial score (nSPS) is 11.1. The zero-order valence-corrected chi connectivity index (χ0v) is 14.1. The molecular weight excluding hydrogens is 322 g/mol. The second-order valence-electron chi connectivity index (χ2n) is 5.79. The third-order valence-corrected chi connectivity index (χ3v) is 4.33. The van der Waals surface area contributed by atoms with Crippen LogP contribution in [-0.4, -0.2) is 9.38 Å². The number of nitrogens with zero attached hydrogens (tertiary/aromatic N) is 2. The van der Waals surface area contributed by atoms with Crippen molar-refractivity contribution in [3.8, 4) is 11.3 Å². The van der Waals surface area contributed by atoms with Crippen molar-refractivity contribution in [3.05, 3.63) is 71.3 Å². The maximum absolute atomic E-state index is 6.20. The number of pyridine rings is 1. The van der Waals surface area contributed by atoms with E-state index in [0.717, 1.165) is 28.4 Å². The molecule has 24 heavy (non-hydrogen) atoms. The monoisotopic (exact) mass is 337 g/mol. The number of aromatic nitrogens is 2. The van der Waals surface area contributed by atoms with Crippen LogP contribution >= 0.6 is 11.6 Å². The topological polar surface area (TPSA) is 42.5 Å². The molecule has 0 radical (unpaired) electrons. The zero-order valence-electron chi connectivity index (χ0n) is 13.4. The van der Waals surface area contributed by atoms with Gasteiger partial charge in [-0.15, -0.1) is 0 Å². The van der Waals surface area contributed by atoms with Crippen molar-refractivity contribution in [1.29, 1.82) is 0 Å². The van der Waals surface area contributed by atoms with E-state index in [1.54, 1.807) is 12.5 Å². The van der Waals surface area contributed by atoms with Crippen LogP contribution in [-0.2, 0) is 0 Å². The van der Waals surface area contributed by atoms with Gasteiger partial charge in [0, 0.05) is 17.4 Å². The second-order valence-corrected chi connectivity index (χ2v) is 6.22. The molecule has 0 aliphatic carbocycles. The fraction of sp³-hybridized carbons (Fsp3) is 0.105. The van der Waals surface area contributed by atoms with Gasteiger partial charge in [0.1, 0.15) is 17.2 Å². The molecule has 4 rings (SSSR count). The highest BCUT2D eigenvalue weighted by Gasteiger charge is 2.17. The summed E-state index contributed by atoms with van der Waals surface area (Å²) in [6.07, 6.45) is 5.21. The molecule has 0 amide bonds. The number of rotatable bonds is 3.